The molecule has 0 spiro atoms. The van der Waals surface area contributed by atoms with Gasteiger partial charge in [-0.15, -0.1) is 0 Å². The van der Waals surface area contributed by atoms with Gasteiger partial charge in [0.15, 0.2) is 0 Å². The molecule has 0 radical (unpaired) electrons. The predicted molar refractivity (Wildman–Crippen MR) is 127 cm³/mol. The van der Waals surface area contributed by atoms with Crippen molar-refractivity contribution in [2.24, 2.45) is 0 Å². The topological polar surface area (TPSA) is 93.5 Å². The van der Waals surface area contributed by atoms with Gasteiger partial charge in [0.05, 0.1) is 18.5 Å². The SMILES string of the molecule is COc1ccc(C(=O)Nc2cc(Cl)ccc2-n2cccn2)cc1S(=O)(=O)N1CCCCC1C. The van der Waals surface area contributed by atoms with Gasteiger partial charge in [-0.25, -0.2) is 13.1 Å². The van der Waals surface area contributed by atoms with E-state index in [-0.39, 0.29) is 22.3 Å². The van der Waals surface area contributed by atoms with E-state index in [0.29, 0.717) is 22.9 Å². The minimum absolute atomic E-state index is 0.0233. The Bertz CT molecular complexity index is 1260. The molecular formula is C23H25ClN4O4S. The zero-order chi connectivity index (χ0) is 23.6. The molecule has 8 nitrogen and oxygen atoms in total. The molecule has 1 unspecified atom stereocenters. The summed E-state index contributed by atoms with van der Waals surface area (Å²) in [5.74, 6) is -0.277. The maximum absolute atomic E-state index is 13.4. The van der Waals surface area contributed by atoms with Gasteiger partial charge in [0.2, 0.25) is 10.0 Å². The summed E-state index contributed by atoms with van der Waals surface area (Å²) in [6, 6.07) is 11.1. The number of rotatable bonds is 6. The molecule has 2 aromatic carbocycles. The van der Waals surface area contributed by atoms with Crippen LogP contribution in [-0.4, -0.2) is 48.1 Å². The molecule has 10 heteroatoms. The molecular weight excluding hydrogens is 464 g/mol. The van der Waals surface area contributed by atoms with Gasteiger partial charge in [-0.1, -0.05) is 18.0 Å². The number of benzene rings is 2. The van der Waals surface area contributed by atoms with Crippen molar-refractivity contribution in [3.8, 4) is 11.4 Å². The second-order valence-corrected chi connectivity index (χ2v) is 10.2. The first kappa shape index (κ1) is 23.3. The molecule has 1 fully saturated rings. The summed E-state index contributed by atoms with van der Waals surface area (Å²) in [6.07, 6.45) is 5.97. The highest BCUT2D eigenvalue weighted by Gasteiger charge is 2.33. The van der Waals surface area contributed by atoms with Crippen molar-refractivity contribution in [2.75, 3.05) is 19.0 Å². The van der Waals surface area contributed by atoms with E-state index in [9.17, 15) is 13.2 Å². The van der Waals surface area contributed by atoms with Gasteiger partial charge >= 0.3 is 0 Å². The van der Waals surface area contributed by atoms with Crippen LogP contribution < -0.4 is 10.1 Å². The summed E-state index contributed by atoms with van der Waals surface area (Å²) in [4.78, 5) is 13.1. The Kier molecular flexibility index (Phi) is 6.73. The summed E-state index contributed by atoms with van der Waals surface area (Å²) in [5.41, 5.74) is 1.26. The number of hydrogen-bond acceptors (Lipinski definition) is 5. The Morgan fingerprint density at radius 3 is 2.73 bits per heavy atom. The Balaban J connectivity index is 1.69. The first-order valence-electron chi connectivity index (χ1n) is 10.6. The van der Waals surface area contributed by atoms with Gasteiger partial charge in [-0.3, -0.25) is 4.79 Å². The van der Waals surface area contributed by atoms with Crippen LogP contribution in [0.15, 0.2) is 59.8 Å². The monoisotopic (exact) mass is 488 g/mol. The first-order valence-corrected chi connectivity index (χ1v) is 12.4. The number of halogens is 1. The largest absolute Gasteiger partial charge is 0.495 e. The van der Waals surface area contributed by atoms with Crippen LogP contribution in [-0.2, 0) is 10.0 Å². The standard InChI is InChI=1S/C23H25ClN4O4S/c1-16-6-3-4-13-28(16)33(30,31)22-14-17(7-10-21(22)32-2)23(29)26-19-15-18(24)8-9-20(19)27-12-5-11-25-27/h5,7-12,14-16H,3-4,6,13H2,1-2H3,(H,26,29). The highest BCUT2D eigenvalue weighted by Crippen LogP contribution is 2.32. The van der Waals surface area contributed by atoms with Crippen LogP contribution in [0.25, 0.3) is 5.69 Å². The van der Waals surface area contributed by atoms with Gasteiger partial charge in [0.25, 0.3) is 5.91 Å². The minimum Gasteiger partial charge on any atom is -0.495 e. The van der Waals surface area contributed by atoms with Crippen LogP contribution >= 0.6 is 11.6 Å². The summed E-state index contributed by atoms with van der Waals surface area (Å²) in [6.45, 7) is 2.34. The number of carbonyl (C=O) groups is 1. The van der Waals surface area contributed by atoms with E-state index < -0.39 is 15.9 Å². The highest BCUT2D eigenvalue weighted by atomic mass is 35.5. The molecule has 1 aromatic heterocycles. The van der Waals surface area contributed by atoms with Crippen LogP contribution in [0.3, 0.4) is 0 Å². The number of hydrogen-bond donors (Lipinski definition) is 1. The van der Waals surface area contributed by atoms with Gasteiger partial charge in [0, 0.05) is 35.6 Å². The fraction of sp³-hybridized carbons (Fsp3) is 0.304. The maximum atomic E-state index is 13.4. The number of carbonyl (C=O) groups excluding carboxylic acids is 1. The molecule has 0 saturated carbocycles. The molecule has 174 valence electrons. The van der Waals surface area contributed by atoms with Crippen molar-refractivity contribution in [1.82, 2.24) is 14.1 Å². The van der Waals surface area contributed by atoms with Crippen molar-refractivity contribution >= 4 is 33.2 Å². The van der Waals surface area contributed by atoms with Gasteiger partial charge in [-0.2, -0.15) is 9.40 Å². The van der Waals surface area contributed by atoms with Gasteiger partial charge in [0.1, 0.15) is 10.6 Å². The lowest BCUT2D eigenvalue weighted by atomic mass is 10.1. The van der Waals surface area contributed by atoms with Crippen molar-refractivity contribution in [3.63, 3.8) is 0 Å². The van der Waals surface area contributed by atoms with Crippen LogP contribution in [0.4, 0.5) is 5.69 Å². The molecule has 1 amide bonds. The third kappa shape index (κ3) is 4.75. The quantitative estimate of drug-likeness (QED) is 0.556. The van der Waals surface area contributed by atoms with Crippen molar-refractivity contribution < 1.29 is 17.9 Å². The lowest BCUT2D eigenvalue weighted by Crippen LogP contribution is -2.42. The van der Waals surface area contributed by atoms with Gasteiger partial charge < -0.3 is 10.1 Å². The third-order valence-electron chi connectivity index (χ3n) is 5.71. The van der Waals surface area contributed by atoms with E-state index >= 15 is 0 Å². The van der Waals surface area contributed by atoms with Crippen molar-refractivity contribution in [2.45, 2.75) is 37.1 Å². The Labute approximate surface area is 198 Å². The average molecular weight is 489 g/mol. The smallest absolute Gasteiger partial charge is 0.255 e. The Morgan fingerprint density at radius 1 is 1.21 bits per heavy atom. The molecule has 1 atom stereocenters. The molecule has 1 aliphatic rings. The van der Waals surface area contributed by atoms with Crippen molar-refractivity contribution in [1.29, 1.82) is 0 Å². The number of piperidine rings is 1. The van der Waals surface area contributed by atoms with E-state index in [4.69, 9.17) is 16.3 Å². The van der Waals surface area contributed by atoms with Crippen molar-refractivity contribution in [3.05, 3.63) is 65.4 Å². The lowest BCUT2D eigenvalue weighted by molar-refractivity contribution is 0.102. The fourth-order valence-corrected chi connectivity index (χ4v) is 6.04. The number of anilines is 1. The second-order valence-electron chi connectivity index (χ2n) is 7.89. The van der Waals surface area contributed by atoms with Crippen LogP contribution in [0.2, 0.25) is 5.02 Å². The molecule has 33 heavy (non-hydrogen) atoms. The van der Waals surface area contributed by atoms with E-state index in [1.54, 1.807) is 41.3 Å². The molecule has 0 bridgehead atoms. The molecule has 1 N–H and O–H groups in total. The molecule has 0 aliphatic carbocycles. The third-order valence-corrected chi connectivity index (χ3v) is 7.98. The van der Waals surface area contributed by atoms with Crippen LogP contribution in [0, 0.1) is 0 Å². The second kappa shape index (κ2) is 9.54. The number of nitrogens with one attached hydrogen (secondary N) is 1. The van der Waals surface area contributed by atoms with Crippen LogP contribution in [0.1, 0.15) is 36.5 Å². The molecule has 2 heterocycles. The number of nitrogens with zero attached hydrogens (tertiary/aromatic N) is 3. The minimum atomic E-state index is -3.84. The number of methoxy groups -OCH3 is 1. The maximum Gasteiger partial charge on any atom is 0.255 e. The summed E-state index contributed by atoms with van der Waals surface area (Å²) in [7, 11) is -2.43. The molecule has 3 aromatic rings. The van der Waals surface area contributed by atoms with E-state index in [0.717, 1.165) is 19.3 Å². The molecule has 1 aliphatic heterocycles. The number of aromatic nitrogens is 2. The normalized spacial score (nSPS) is 17.0. The molecule has 4 rings (SSSR count). The lowest BCUT2D eigenvalue weighted by Gasteiger charge is -2.32. The fourth-order valence-electron chi connectivity index (χ4n) is 3.99. The van der Waals surface area contributed by atoms with E-state index in [1.807, 2.05) is 6.92 Å². The summed E-state index contributed by atoms with van der Waals surface area (Å²) in [5, 5.41) is 7.48. The first-order chi connectivity index (χ1) is 15.8. The predicted octanol–water partition coefficient (Wildman–Crippen LogP) is 4.35. The zero-order valence-electron chi connectivity index (χ0n) is 18.4. The Hall–Kier alpha value is -2.88. The summed E-state index contributed by atoms with van der Waals surface area (Å²) >= 11 is 6.15. The number of sulfonamides is 1. The van der Waals surface area contributed by atoms with Crippen LogP contribution in [0.5, 0.6) is 5.75 Å². The molecule has 1 saturated heterocycles. The highest BCUT2D eigenvalue weighted by molar-refractivity contribution is 7.89. The average Bonchev–Trinajstić information content (AvgIpc) is 3.33. The van der Waals surface area contributed by atoms with E-state index in [1.165, 1.54) is 29.6 Å². The number of amides is 1. The number of ether oxygens (including phenoxy) is 1. The van der Waals surface area contributed by atoms with Gasteiger partial charge in [-0.05, 0) is 62.2 Å². The Morgan fingerprint density at radius 2 is 2.03 bits per heavy atom. The summed E-state index contributed by atoms with van der Waals surface area (Å²) < 4.78 is 35.3. The zero-order valence-corrected chi connectivity index (χ0v) is 19.9. The van der Waals surface area contributed by atoms with E-state index in [2.05, 4.69) is 10.4 Å².